The molecule has 1 N–H and O–H groups in total. The van der Waals surface area contributed by atoms with Crippen molar-refractivity contribution in [3.05, 3.63) is 54.1 Å². The zero-order valence-electron chi connectivity index (χ0n) is 14.6. The molecule has 0 spiro atoms. The first kappa shape index (κ1) is 16.2. The molecule has 0 atom stereocenters. The lowest BCUT2D eigenvalue weighted by atomic mass is 9.96. The first-order chi connectivity index (χ1) is 12.3. The van der Waals surface area contributed by atoms with Crippen LogP contribution in [0, 0.1) is 5.92 Å². The van der Waals surface area contributed by atoms with Gasteiger partial charge in [0.15, 0.2) is 0 Å². The van der Waals surface area contributed by atoms with Crippen LogP contribution in [0.1, 0.15) is 43.0 Å². The van der Waals surface area contributed by atoms with Gasteiger partial charge in [0.05, 0.1) is 0 Å². The lowest BCUT2D eigenvalue weighted by Gasteiger charge is -2.32. The number of nitrogens with one attached hydrogen (secondary N) is 1. The Labute approximate surface area is 149 Å². The van der Waals surface area contributed by atoms with Crippen LogP contribution in [-0.2, 0) is 13.1 Å². The van der Waals surface area contributed by atoms with Crippen LogP contribution in [0.5, 0.6) is 0 Å². The number of benzene rings is 1. The number of hydrogen-bond donors (Lipinski definition) is 1. The maximum Gasteiger partial charge on any atom is 0.317 e. The van der Waals surface area contributed by atoms with E-state index in [0.717, 1.165) is 44.0 Å². The third-order valence-corrected chi connectivity index (χ3v) is 5.33. The van der Waals surface area contributed by atoms with Gasteiger partial charge in [0.1, 0.15) is 5.82 Å². The summed E-state index contributed by atoms with van der Waals surface area (Å²) in [6, 6.07) is 10.1. The van der Waals surface area contributed by atoms with Crippen molar-refractivity contribution in [2.75, 3.05) is 13.1 Å². The average Bonchev–Trinajstić information content (AvgIpc) is 3.36. The van der Waals surface area contributed by atoms with E-state index in [1.165, 1.54) is 18.7 Å². The summed E-state index contributed by atoms with van der Waals surface area (Å²) in [6.45, 7) is 3.32. The van der Waals surface area contributed by atoms with Gasteiger partial charge < -0.3 is 14.8 Å². The summed E-state index contributed by atoms with van der Waals surface area (Å²) in [6.07, 6.45) is 8.76. The van der Waals surface area contributed by atoms with Crippen molar-refractivity contribution in [1.82, 2.24) is 19.8 Å². The number of amides is 2. The molecule has 2 aromatic rings. The highest BCUT2D eigenvalue weighted by molar-refractivity contribution is 5.74. The minimum Gasteiger partial charge on any atom is -0.334 e. The second-order valence-electron chi connectivity index (χ2n) is 7.29. The van der Waals surface area contributed by atoms with Gasteiger partial charge in [-0.05, 0) is 37.2 Å². The molecule has 5 nitrogen and oxygen atoms in total. The van der Waals surface area contributed by atoms with E-state index in [9.17, 15) is 4.79 Å². The number of carbonyl (C=O) groups is 1. The van der Waals surface area contributed by atoms with Crippen molar-refractivity contribution in [1.29, 1.82) is 0 Å². The molecule has 2 amide bonds. The zero-order valence-corrected chi connectivity index (χ0v) is 14.6. The molecule has 4 rings (SSSR count). The molecule has 1 aromatic carbocycles. The number of likely N-dealkylation sites (tertiary alicyclic amines) is 1. The number of carbonyl (C=O) groups excluding carboxylic acids is 1. The maximum absolute atomic E-state index is 12.4. The van der Waals surface area contributed by atoms with Crippen LogP contribution in [0.4, 0.5) is 4.79 Å². The number of rotatable bonds is 5. The van der Waals surface area contributed by atoms with E-state index in [1.54, 1.807) is 0 Å². The van der Waals surface area contributed by atoms with E-state index < -0.39 is 0 Å². The first-order valence-electron chi connectivity index (χ1n) is 9.37. The number of imidazole rings is 1. The number of urea groups is 1. The average molecular weight is 338 g/mol. The molecule has 2 heterocycles. The third kappa shape index (κ3) is 4.03. The Hall–Kier alpha value is -2.30. The molecule has 1 saturated heterocycles. The van der Waals surface area contributed by atoms with E-state index in [1.807, 2.05) is 41.4 Å². The smallest absolute Gasteiger partial charge is 0.317 e. The van der Waals surface area contributed by atoms with Gasteiger partial charge >= 0.3 is 6.03 Å². The molecule has 1 aliphatic carbocycles. The van der Waals surface area contributed by atoms with Crippen molar-refractivity contribution >= 4 is 6.03 Å². The predicted molar refractivity (Wildman–Crippen MR) is 97.2 cm³/mol. The first-order valence-corrected chi connectivity index (χ1v) is 9.37. The molecule has 5 heteroatoms. The van der Waals surface area contributed by atoms with E-state index in [-0.39, 0.29) is 6.03 Å². The van der Waals surface area contributed by atoms with Gasteiger partial charge in [0, 0.05) is 44.5 Å². The van der Waals surface area contributed by atoms with Gasteiger partial charge in [-0.1, -0.05) is 30.3 Å². The predicted octanol–water partition coefficient (Wildman–Crippen LogP) is 3.38. The van der Waals surface area contributed by atoms with Crippen LogP contribution in [-0.4, -0.2) is 33.6 Å². The fourth-order valence-corrected chi connectivity index (χ4v) is 3.64. The Morgan fingerprint density at radius 1 is 1.12 bits per heavy atom. The molecule has 132 valence electrons. The lowest BCUT2D eigenvalue weighted by molar-refractivity contribution is 0.179. The van der Waals surface area contributed by atoms with Crippen molar-refractivity contribution in [2.24, 2.45) is 5.92 Å². The SMILES string of the molecule is O=C(NCc1ccccc1)N1CCC(c2nccn2CC2CC2)CC1. The third-order valence-electron chi connectivity index (χ3n) is 5.33. The minimum absolute atomic E-state index is 0.0450. The summed E-state index contributed by atoms with van der Waals surface area (Å²) in [5.74, 6) is 2.56. The van der Waals surface area contributed by atoms with Crippen LogP contribution in [0.15, 0.2) is 42.7 Å². The summed E-state index contributed by atoms with van der Waals surface area (Å²) in [5, 5.41) is 3.03. The van der Waals surface area contributed by atoms with Crippen molar-refractivity contribution in [3.8, 4) is 0 Å². The minimum atomic E-state index is 0.0450. The fraction of sp³-hybridized carbons (Fsp3) is 0.500. The van der Waals surface area contributed by atoms with Gasteiger partial charge in [-0.25, -0.2) is 9.78 Å². The number of aromatic nitrogens is 2. The topological polar surface area (TPSA) is 50.2 Å². The highest BCUT2D eigenvalue weighted by Gasteiger charge is 2.28. The summed E-state index contributed by atoms with van der Waals surface area (Å²) in [5.41, 5.74) is 1.13. The van der Waals surface area contributed by atoms with Crippen molar-refractivity contribution in [2.45, 2.75) is 44.7 Å². The largest absolute Gasteiger partial charge is 0.334 e. The zero-order chi connectivity index (χ0) is 17.1. The van der Waals surface area contributed by atoms with Gasteiger partial charge in [0.2, 0.25) is 0 Å². The highest BCUT2D eigenvalue weighted by Crippen LogP contribution is 2.33. The van der Waals surface area contributed by atoms with Crippen LogP contribution in [0.25, 0.3) is 0 Å². The van der Waals surface area contributed by atoms with Crippen LogP contribution in [0.2, 0.25) is 0 Å². The van der Waals surface area contributed by atoms with E-state index in [2.05, 4.69) is 21.1 Å². The summed E-state index contributed by atoms with van der Waals surface area (Å²) in [7, 11) is 0. The summed E-state index contributed by atoms with van der Waals surface area (Å²) >= 11 is 0. The fourth-order valence-electron chi connectivity index (χ4n) is 3.64. The molecule has 1 aromatic heterocycles. The monoisotopic (exact) mass is 338 g/mol. The van der Waals surface area contributed by atoms with Gasteiger partial charge in [-0.2, -0.15) is 0 Å². The molecule has 25 heavy (non-hydrogen) atoms. The van der Waals surface area contributed by atoms with Gasteiger partial charge in [-0.15, -0.1) is 0 Å². The lowest BCUT2D eigenvalue weighted by Crippen LogP contribution is -2.44. The summed E-state index contributed by atoms with van der Waals surface area (Å²) < 4.78 is 2.34. The molecule has 1 aliphatic heterocycles. The molecule has 1 saturated carbocycles. The number of nitrogens with zero attached hydrogens (tertiary/aromatic N) is 3. The van der Waals surface area contributed by atoms with Gasteiger partial charge in [0.25, 0.3) is 0 Å². The normalized spacial score (nSPS) is 18.3. The van der Waals surface area contributed by atoms with E-state index >= 15 is 0 Å². The van der Waals surface area contributed by atoms with Crippen LogP contribution >= 0.6 is 0 Å². The molecular weight excluding hydrogens is 312 g/mol. The Morgan fingerprint density at radius 2 is 1.88 bits per heavy atom. The molecule has 2 fully saturated rings. The molecule has 0 unspecified atom stereocenters. The second-order valence-corrected chi connectivity index (χ2v) is 7.29. The Kier molecular flexibility index (Phi) is 4.72. The molecule has 2 aliphatic rings. The Bertz CT molecular complexity index is 699. The molecule has 0 bridgehead atoms. The van der Waals surface area contributed by atoms with Crippen molar-refractivity contribution < 1.29 is 4.79 Å². The number of hydrogen-bond acceptors (Lipinski definition) is 2. The molecule has 0 radical (unpaired) electrons. The quantitative estimate of drug-likeness (QED) is 0.908. The van der Waals surface area contributed by atoms with Crippen LogP contribution < -0.4 is 5.32 Å². The molecular formula is C20H26N4O. The standard InChI is InChI=1S/C20H26N4O/c25-20(22-14-16-4-2-1-3-5-16)23-11-8-18(9-12-23)19-21-10-13-24(19)15-17-6-7-17/h1-5,10,13,17-18H,6-9,11-12,14-15H2,(H,22,25). The Morgan fingerprint density at radius 3 is 2.60 bits per heavy atom. The number of piperidine rings is 1. The van der Waals surface area contributed by atoms with Gasteiger partial charge in [-0.3, -0.25) is 0 Å². The van der Waals surface area contributed by atoms with Crippen LogP contribution in [0.3, 0.4) is 0 Å². The maximum atomic E-state index is 12.4. The Balaban J connectivity index is 1.28. The highest BCUT2D eigenvalue weighted by atomic mass is 16.2. The summed E-state index contributed by atoms with van der Waals surface area (Å²) in [4.78, 5) is 18.9. The van der Waals surface area contributed by atoms with E-state index in [4.69, 9.17) is 0 Å². The van der Waals surface area contributed by atoms with Crippen molar-refractivity contribution in [3.63, 3.8) is 0 Å². The second kappa shape index (κ2) is 7.30. The van der Waals surface area contributed by atoms with E-state index in [0.29, 0.717) is 12.5 Å².